The average molecular weight is 232 g/mol. The normalized spacial score (nSPS) is 11.5. The molecule has 0 saturated heterocycles. The highest BCUT2D eigenvalue weighted by Gasteiger charge is 2.07. The van der Waals surface area contributed by atoms with Gasteiger partial charge < -0.3 is 9.88 Å². The zero-order valence-corrected chi connectivity index (χ0v) is 10.8. The maximum Gasteiger partial charge on any atom is 0.159 e. The summed E-state index contributed by atoms with van der Waals surface area (Å²) < 4.78 is 2.09. The van der Waals surface area contributed by atoms with Gasteiger partial charge in [-0.15, -0.1) is 0 Å². The fourth-order valence-electron chi connectivity index (χ4n) is 1.93. The van der Waals surface area contributed by atoms with E-state index in [0.29, 0.717) is 6.04 Å². The number of hydrogen-bond donors (Lipinski definition) is 1. The molecule has 4 nitrogen and oxygen atoms in total. The molecule has 0 spiro atoms. The Kier molecular flexibility index (Phi) is 3.74. The molecule has 0 aromatic carbocycles. The van der Waals surface area contributed by atoms with Crippen molar-refractivity contribution >= 4 is 11.2 Å². The lowest BCUT2D eigenvalue weighted by molar-refractivity contribution is 0.563. The summed E-state index contributed by atoms with van der Waals surface area (Å²) in [7, 11) is 2.04. The molecule has 0 saturated carbocycles. The Bertz CT molecular complexity index is 487. The fraction of sp³-hybridized carbons (Fsp3) is 0.538. The van der Waals surface area contributed by atoms with Crippen LogP contribution in [0, 0.1) is 0 Å². The van der Waals surface area contributed by atoms with Gasteiger partial charge in [-0.05, 0) is 25.1 Å². The van der Waals surface area contributed by atoms with Gasteiger partial charge in [-0.25, -0.2) is 9.97 Å². The van der Waals surface area contributed by atoms with Crippen LogP contribution in [-0.4, -0.2) is 27.1 Å². The van der Waals surface area contributed by atoms with Crippen LogP contribution >= 0.6 is 0 Å². The predicted octanol–water partition coefficient (Wildman–Crippen LogP) is 1.90. The predicted molar refractivity (Wildman–Crippen MR) is 70.0 cm³/mol. The van der Waals surface area contributed by atoms with E-state index in [2.05, 4.69) is 33.7 Å². The average Bonchev–Trinajstić information content (AvgIpc) is 2.63. The zero-order chi connectivity index (χ0) is 12.3. The number of aryl methyl sites for hydroxylation is 2. The Balaban J connectivity index is 2.01. The van der Waals surface area contributed by atoms with Gasteiger partial charge in [0.1, 0.15) is 11.3 Å². The van der Waals surface area contributed by atoms with E-state index < -0.39 is 0 Å². The van der Waals surface area contributed by atoms with Gasteiger partial charge in [-0.3, -0.25) is 0 Å². The van der Waals surface area contributed by atoms with Crippen molar-refractivity contribution in [3.8, 4) is 0 Å². The molecule has 0 aliphatic carbocycles. The fourth-order valence-corrected chi connectivity index (χ4v) is 1.93. The lowest BCUT2D eigenvalue weighted by Gasteiger charge is -2.07. The molecule has 2 heterocycles. The summed E-state index contributed by atoms with van der Waals surface area (Å²) in [4.78, 5) is 8.94. The molecular formula is C13H20N4. The Hall–Kier alpha value is -1.42. The molecule has 0 aliphatic heterocycles. The SMILES string of the molecule is CC(C)NCCCc1nc2cccnc2n1C. The minimum absolute atomic E-state index is 0.553. The monoisotopic (exact) mass is 232 g/mol. The first-order valence-corrected chi connectivity index (χ1v) is 6.18. The van der Waals surface area contributed by atoms with Gasteiger partial charge in [0.25, 0.3) is 0 Å². The number of rotatable bonds is 5. The van der Waals surface area contributed by atoms with Gasteiger partial charge in [-0.1, -0.05) is 13.8 Å². The first-order chi connectivity index (χ1) is 8.18. The quantitative estimate of drug-likeness (QED) is 0.801. The minimum Gasteiger partial charge on any atom is -0.316 e. The zero-order valence-electron chi connectivity index (χ0n) is 10.8. The van der Waals surface area contributed by atoms with Gasteiger partial charge >= 0.3 is 0 Å². The van der Waals surface area contributed by atoms with Gasteiger partial charge in [0.05, 0.1) is 0 Å². The number of imidazole rings is 1. The smallest absolute Gasteiger partial charge is 0.159 e. The standard InChI is InChI=1S/C13H20N4/c1-10(2)14-8-5-7-12-16-11-6-4-9-15-13(11)17(12)3/h4,6,9-10,14H,5,7-8H2,1-3H3. The lowest BCUT2D eigenvalue weighted by atomic mass is 10.3. The van der Waals surface area contributed by atoms with Crippen LogP contribution in [0.15, 0.2) is 18.3 Å². The van der Waals surface area contributed by atoms with Crippen molar-refractivity contribution in [2.24, 2.45) is 7.05 Å². The van der Waals surface area contributed by atoms with Crippen LogP contribution in [0.3, 0.4) is 0 Å². The van der Waals surface area contributed by atoms with E-state index in [1.54, 1.807) is 0 Å². The van der Waals surface area contributed by atoms with Crippen LogP contribution in [0.4, 0.5) is 0 Å². The highest BCUT2D eigenvalue weighted by molar-refractivity contribution is 5.70. The van der Waals surface area contributed by atoms with E-state index in [9.17, 15) is 0 Å². The Morgan fingerprint density at radius 2 is 2.24 bits per heavy atom. The summed E-state index contributed by atoms with van der Waals surface area (Å²) >= 11 is 0. The van der Waals surface area contributed by atoms with E-state index in [1.807, 2.05) is 25.4 Å². The third kappa shape index (κ3) is 2.82. The van der Waals surface area contributed by atoms with E-state index in [0.717, 1.165) is 36.4 Å². The van der Waals surface area contributed by atoms with Crippen molar-refractivity contribution in [2.75, 3.05) is 6.54 Å². The van der Waals surface area contributed by atoms with Crippen LogP contribution in [0.25, 0.3) is 11.2 Å². The molecule has 2 aromatic rings. The van der Waals surface area contributed by atoms with Crippen LogP contribution < -0.4 is 5.32 Å². The maximum absolute atomic E-state index is 4.60. The third-order valence-corrected chi connectivity index (χ3v) is 2.85. The molecule has 0 fully saturated rings. The van der Waals surface area contributed by atoms with Crippen LogP contribution in [0.2, 0.25) is 0 Å². The van der Waals surface area contributed by atoms with E-state index in [-0.39, 0.29) is 0 Å². The first kappa shape index (κ1) is 12.0. The van der Waals surface area contributed by atoms with Gasteiger partial charge in [0.15, 0.2) is 5.65 Å². The molecule has 2 rings (SSSR count). The van der Waals surface area contributed by atoms with Gasteiger partial charge in [0, 0.05) is 25.7 Å². The summed E-state index contributed by atoms with van der Waals surface area (Å²) in [6, 6.07) is 4.49. The second kappa shape index (κ2) is 5.27. The first-order valence-electron chi connectivity index (χ1n) is 6.18. The molecule has 0 aliphatic rings. The van der Waals surface area contributed by atoms with Crippen molar-refractivity contribution in [2.45, 2.75) is 32.7 Å². The number of hydrogen-bond acceptors (Lipinski definition) is 3. The van der Waals surface area contributed by atoms with Crippen LogP contribution in [0.5, 0.6) is 0 Å². The Morgan fingerprint density at radius 1 is 1.41 bits per heavy atom. The Labute approximate surface area is 102 Å². The molecule has 0 bridgehead atoms. The molecule has 4 heteroatoms. The molecule has 0 radical (unpaired) electrons. The van der Waals surface area contributed by atoms with Crippen molar-refractivity contribution < 1.29 is 0 Å². The Morgan fingerprint density at radius 3 is 2.94 bits per heavy atom. The number of fused-ring (bicyclic) bond motifs is 1. The highest BCUT2D eigenvalue weighted by Crippen LogP contribution is 2.12. The number of pyridine rings is 1. The minimum atomic E-state index is 0.553. The van der Waals surface area contributed by atoms with Crippen molar-refractivity contribution in [1.29, 1.82) is 0 Å². The number of nitrogens with one attached hydrogen (secondary N) is 1. The van der Waals surface area contributed by atoms with Crippen LogP contribution in [0.1, 0.15) is 26.1 Å². The van der Waals surface area contributed by atoms with E-state index >= 15 is 0 Å². The van der Waals surface area contributed by atoms with Crippen molar-refractivity contribution in [3.05, 3.63) is 24.2 Å². The molecule has 0 amide bonds. The highest BCUT2D eigenvalue weighted by atomic mass is 15.1. The molecule has 0 atom stereocenters. The van der Waals surface area contributed by atoms with Crippen molar-refractivity contribution in [3.63, 3.8) is 0 Å². The molecule has 0 unspecified atom stereocenters. The third-order valence-electron chi connectivity index (χ3n) is 2.85. The molecule has 2 aromatic heterocycles. The van der Waals surface area contributed by atoms with Crippen LogP contribution in [-0.2, 0) is 13.5 Å². The van der Waals surface area contributed by atoms with E-state index in [4.69, 9.17) is 0 Å². The lowest BCUT2D eigenvalue weighted by Crippen LogP contribution is -2.24. The topological polar surface area (TPSA) is 42.7 Å². The van der Waals surface area contributed by atoms with Gasteiger partial charge in [0.2, 0.25) is 0 Å². The molecule has 17 heavy (non-hydrogen) atoms. The summed E-state index contributed by atoms with van der Waals surface area (Å²) in [5.74, 6) is 1.12. The maximum atomic E-state index is 4.60. The van der Waals surface area contributed by atoms with Gasteiger partial charge in [-0.2, -0.15) is 0 Å². The molecule has 92 valence electrons. The second-order valence-electron chi connectivity index (χ2n) is 4.65. The number of nitrogens with zero attached hydrogens (tertiary/aromatic N) is 3. The second-order valence-corrected chi connectivity index (χ2v) is 4.65. The summed E-state index contributed by atoms with van der Waals surface area (Å²) in [6.07, 6.45) is 3.91. The molecule has 1 N–H and O–H groups in total. The largest absolute Gasteiger partial charge is 0.316 e. The summed E-state index contributed by atoms with van der Waals surface area (Å²) in [5, 5.41) is 3.42. The van der Waals surface area contributed by atoms with E-state index in [1.165, 1.54) is 0 Å². The summed E-state index contributed by atoms with van der Waals surface area (Å²) in [6.45, 7) is 5.37. The number of aromatic nitrogens is 3. The van der Waals surface area contributed by atoms with Crippen molar-refractivity contribution in [1.82, 2.24) is 19.9 Å². The summed E-state index contributed by atoms with van der Waals surface area (Å²) in [5.41, 5.74) is 1.96. The molecular weight excluding hydrogens is 212 g/mol.